The van der Waals surface area contributed by atoms with E-state index in [2.05, 4.69) is 5.32 Å². The lowest BCUT2D eigenvalue weighted by Crippen LogP contribution is -2.43. The van der Waals surface area contributed by atoms with Crippen LogP contribution < -0.4 is 15.0 Å². The van der Waals surface area contributed by atoms with E-state index in [0.29, 0.717) is 0 Å². The summed E-state index contributed by atoms with van der Waals surface area (Å²) in [6, 6.07) is 17.5. The first-order chi connectivity index (χ1) is 16.3. The first kappa shape index (κ1) is 25.4. The molecule has 34 heavy (non-hydrogen) atoms. The minimum Gasteiger partial charge on any atom is -0.496 e. The minimum absolute atomic E-state index is 0.113. The Morgan fingerprint density at radius 1 is 0.941 bits per heavy atom. The Morgan fingerprint density at radius 3 is 2.12 bits per heavy atom. The van der Waals surface area contributed by atoms with Crippen LogP contribution in [0.2, 0.25) is 10.0 Å². The third kappa shape index (κ3) is 5.64. The average Bonchev–Trinajstić information content (AvgIpc) is 2.83. The Balaban J connectivity index is 1.86. The maximum Gasteiger partial charge on any atom is 0.328 e. The summed E-state index contributed by atoms with van der Waals surface area (Å²) < 4.78 is 10.5. The molecule has 0 aliphatic rings. The largest absolute Gasteiger partial charge is 0.496 e. The molecule has 3 rings (SSSR count). The van der Waals surface area contributed by atoms with Gasteiger partial charge in [-0.3, -0.25) is 4.79 Å². The highest BCUT2D eigenvalue weighted by atomic mass is 35.5. The van der Waals surface area contributed by atoms with Crippen molar-refractivity contribution in [2.24, 2.45) is 0 Å². The number of halogens is 2. The van der Waals surface area contributed by atoms with E-state index in [1.54, 1.807) is 25.3 Å². The second-order valence-electron chi connectivity index (χ2n) is 7.80. The quantitative estimate of drug-likeness (QED) is 0.427. The number of benzene rings is 3. The maximum atomic E-state index is 12.8. The highest BCUT2D eigenvalue weighted by molar-refractivity contribution is 6.39. The van der Waals surface area contributed by atoms with E-state index in [9.17, 15) is 9.59 Å². The van der Waals surface area contributed by atoms with Crippen LogP contribution in [-0.2, 0) is 16.0 Å². The van der Waals surface area contributed by atoms with Gasteiger partial charge in [0.2, 0.25) is 0 Å². The molecule has 0 spiro atoms. The standard InChI is InChI=1S/C26H26Cl2N2O4/c1-30(2)21-9-6-10-22(33-3)23(21)17-13-11-16(12-14-17)15-20(26(32)34-4)29-25(31)24-18(27)7-5-8-19(24)28/h5-14,20H,15H2,1-4H3,(H,29,31)/t20-/m0/s1. The number of ether oxygens (including phenoxy) is 2. The number of amides is 1. The number of hydrogen-bond acceptors (Lipinski definition) is 5. The highest BCUT2D eigenvalue weighted by Gasteiger charge is 2.25. The number of esters is 1. The van der Waals surface area contributed by atoms with E-state index in [-0.39, 0.29) is 22.0 Å². The van der Waals surface area contributed by atoms with Gasteiger partial charge in [0.25, 0.3) is 5.91 Å². The van der Waals surface area contributed by atoms with Gasteiger partial charge in [0.15, 0.2) is 0 Å². The molecule has 1 atom stereocenters. The van der Waals surface area contributed by atoms with Crippen molar-refractivity contribution in [2.45, 2.75) is 12.5 Å². The molecule has 0 radical (unpaired) electrons. The lowest BCUT2D eigenvalue weighted by atomic mass is 9.98. The Kier molecular flexibility index (Phi) is 8.42. The molecule has 0 saturated heterocycles. The second-order valence-corrected chi connectivity index (χ2v) is 8.61. The molecule has 6 nitrogen and oxygen atoms in total. The number of hydrogen-bond donors (Lipinski definition) is 1. The van der Waals surface area contributed by atoms with Crippen molar-refractivity contribution >= 4 is 40.8 Å². The topological polar surface area (TPSA) is 67.9 Å². The smallest absolute Gasteiger partial charge is 0.328 e. The third-order valence-electron chi connectivity index (χ3n) is 5.37. The fraction of sp³-hybridized carbons (Fsp3) is 0.231. The molecule has 0 aliphatic carbocycles. The zero-order chi connectivity index (χ0) is 24.8. The van der Waals surface area contributed by atoms with Crippen LogP contribution in [0.5, 0.6) is 5.75 Å². The number of nitrogens with one attached hydrogen (secondary N) is 1. The number of rotatable bonds is 8. The fourth-order valence-corrected chi connectivity index (χ4v) is 4.25. The van der Waals surface area contributed by atoms with E-state index in [1.807, 2.05) is 61.5 Å². The van der Waals surface area contributed by atoms with Crippen LogP contribution in [0.1, 0.15) is 15.9 Å². The van der Waals surface area contributed by atoms with Crippen LogP contribution in [0.15, 0.2) is 60.7 Å². The van der Waals surface area contributed by atoms with Gasteiger partial charge in [0.05, 0.1) is 29.8 Å². The molecule has 178 valence electrons. The predicted molar refractivity (Wildman–Crippen MR) is 136 cm³/mol. The molecule has 0 heterocycles. The molecule has 0 unspecified atom stereocenters. The van der Waals surface area contributed by atoms with Crippen LogP contribution in [-0.4, -0.2) is 46.2 Å². The summed E-state index contributed by atoms with van der Waals surface area (Å²) in [6.45, 7) is 0. The van der Waals surface area contributed by atoms with Gasteiger partial charge in [-0.15, -0.1) is 0 Å². The van der Waals surface area contributed by atoms with Crippen molar-refractivity contribution in [1.82, 2.24) is 5.32 Å². The molecule has 1 N–H and O–H groups in total. The first-order valence-corrected chi connectivity index (χ1v) is 11.3. The molecule has 1 amide bonds. The van der Waals surface area contributed by atoms with Crippen molar-refractivity contribution < 1.29 is 19.1 Å². The Labute approximate surface area is 209 Å². The van der Waals surface area contributed by atoms with E-state index in [4.69, 9.17) is 32.7 Å². The summed E-state index contributed by atoms with van der Waals surface area (Å²) in [4.78, 5) is 27.3. The van der Waals surface area contributed by atoms with Crippen LogP contribution >= 0.6 is 23.2 Å². The normalized spacial score (nSPS) is 11.5. The maximum absolute atomic E-state index is 12.8. The Bertz CT molecular complexity index is 1160. The molecule has 0 aromatic heterocycles. The van der Waals surface area contributed by atoms with Crippen molar-refractivity contribution in [1.29, 1.82) is 0 Å². The molecule has 3 aromatic rings. The summed E-state index contributed by atoms with van der Waals surface area (Å²) >= 11 is 12.3. The van der Waals surface area contributed by atoms with Crippen LogP contribution in [0.4, 0.5) is 5.69 Å². The lowest BCUT2D eigenvalue weighted by molar-refractivity contribution is -0.142. The summed E-state index contributed by atoms with van der Waals surface area (Å²) in [7, 11) is 6.86. The van der Waals surface area contributed by atoms with Crippen molar-refractivity contribution in [2.75, 3.05) is 33.2 Å². The van der Waals surface area contributed by atoms with E-state index in [0.717, 1.165) is 28.1 Å². The Hall–Kier alpha value is -3.22. The zero-order valence-electron chi connectivity index (χ0n) is 19.4. The predicted octanol–water partition coefficient (Wildman–Crippen LogP) is 5.25. The minimum atomic E-state index is -0.917. The average molecular weight is 501 g/mol. The number of methoxy groups -OCH3 is 2. The fourth-order valence-electron chi connectivity index (χ4n) is 3.68. The molecular weight excluding hydrogens is 475 g/mol. The van der Waals surface area contributed by atoms with Crippen LogP contribution in [0.3, 0.4) is 0 Å². The van der Waals surface area contributed by atoms with Gasteiger partial charge in [0, 0.05) is 31.8 Å². The van der Waals surface area contributed by atoms with E-state index >= 15 is 0 Å². The summed E-state index contributed by atoms with van der Waals surface area (Å²) in [5.41, 5.74) is 3.90. The molecule has 0 aliphatic heterocycles. The van der Waals surface area contributed by atoms with Gasteiger partial charge >= 0.3 is 5.97 Å². The van der Waals surface area contributed by atoms with Gasteiger partial charge in [-0.25, -0.2) is 4.79 Å². The van der Waals surface area contributed by atoms with Gasteiger partial charge in [-0.2, -0.15) is 0 Å². The molecule has 0 saturated carbocycles. The van der Waals surface area contributed by atoms with Crippen molar-refractivity contribution in [3.63, 3.8) is 0 Å². The molecular formula is C26H26Cl2N2O4. The van der Waals surface area contributed by atoms with Gasteiger partial charge in [-0.05, 0) is 35.4 Å². The number of carbonyl (C=O) groups excluding carboxylic acids is 2. The molecule has 0 bridgehead atoms. The van der Waals surface area contributed by atoms with E-state index < -0.39 is 17.9 Å². The van der Waals surface area contributed by atoms with Gasteiger partial charge in [-0.1, -0.05) is 59.6 Å². The first-order valence-electron chi connectivity index (χ1n) is 10.5. The van der Waals surface area contributed by atoms with E-state index in [1.165, 1.54) is 7.11 Å². The van der Waals surface area contributed by atoms with Crippen LogP contribution in [0.25, 0.3) is 11.1 Å². The molecule has 0 fully saturated rings. The zero-order valence-corrected chi connectivity index (χ0v) is 20.9. The SMILES string of the molecule is COC(=O)[C@H](Cc1ccc(-c2c(OC)cccc2N(C)C)cc1)NC(=O)c1c(Cl)cccc1Cl. The van der Waals surface area contributed by atoms with Crippen LogP contribution in [0, 0.1) is 0 Å². The number of anilines is 1. The Morgan fingerprint density at radius 2 is 1.56 bits per heavy atom. The number of nitrogens with zero attached hydrogens (tertiary/aromatic N) is 1. The summed E-state index contributed by atoms with van der Waals surface area (Å²) in [5.74, 6) is -0.359. The van der Waals surface area contributed by atoms with Crippen molar-refractivity contribution in [3.8, 4) is 16.9 Å². The van der Waals surface area contributed by atoms with Crippen molar-refractivity contribution in [3.05, 3.63) is 81.8 Å². The third-order valence-corrected chi connectivity index (χ3v) is 6.00. The lowest BCUT2D eigenvalue weighted by Gasteiger charge is -2.21. The molecule has 3 aromatic carbocycles. The molecule has 8 heteroatoms. The summed E-state index contributed by atoms with van der Waals surface area (Å²) in [5, 5.41) is 3.09. The monoisotopic (exact) mass is 500 g/mol. The number of carbonyl (C=O) groups is 2. The van der Waals surface area contributed by atoms with Gasteiger partial charge in [0.1, 0.15) is 11.8 Å². The second kappa shape index (κ2) is 11.3. The summed E-state index contributed by atoms with van der Waals surface area (Å²) in [6.07, 6.45) is 0.229. The van der Waals surface area contributed by atoms with Gasteiger partial charge < -0.3 is 19.7 Å². The highest BCUT2D eigenvalue weighted by Crippen LogP contribution is 2.38.